The van der Waals surface area contributed by atoms with Crippen molar-refractivity contribution in [2.24, 2.45) is 5.92 Å². The molecule has 86 valence electrons. The van der Waals surface area contributed by atoms with Gasteiger partial charge in [-0.2, -0.15) is 0 Å². The number of Topliss-reactive ketones (excluding diaryl/α,β-unsaturated/α-hetero) is 1. The van der Waals surface area contributed by atoms with E-state index in [9.17, 15) is 4.79 Å². The van der Waals surface area contributed by atoms with Gasteiger partial charge in [0.05, 0.1) is 10.0 Å². The summed E-state index contributed by atoms with van der Waals surface area (Å²) in [5, 5.41) is 0.752. The molecule has 0 heterocycles. The number of halogens is 2. The summed E-state index contributed by atoms with van der Waals surface area (Å²) in [6.07, 6.45) is 2.68. The molecule has 1 aliphatic rings. The van der Waals surface area contributed by atoms with Crippen molar-refractivity contribution in [1.82, 2.24) is 0 Å². The Balaban J connectivity index is 2.48. The summed E-state index contributed by atoms with van der Waals surface area (Å²) in [5.41, 5.74) is 1.60. The molecule has 4 heteroatoms. The maximum Gasteiger partial charge on any atom is 0.168 e. The van der Waals surface area contributed by atoms with E-state index in [-0.39, 0.29) is 11.7 Å². The normalized spacial score (nSPS) is 19.0. The van der Waals surface area contributed by atoms with Crippen LogP contribution in [0, 0.1) is 5.92 Å². The molecule has 1 aromatic rings. The van der Waals surface area contributed by atoms with Gasteiger partial charge in [0.25, 0.3) is 0 Å². The molecule has 0 N–H and O–H groups in total. The van der Waals surface area contributed by atoms with E-state index in [0.29, 0.717) is 20.5 Å². The summed E-state index contributed by atoms with van der Waals surface area (Å²) in [5.74, 6) is 0.209. The van der Waals surface area contributed by atoms with Gasteiger partial charge in [-0.25, -0.2) is 0 Å². The standard InChI is InChI=1S/C12H12Cl2OS/c1-2-3-6-4-7-5-8(16)10(13)11(14)9(7)12(6)15/h5-6,16H,2-4H2,1H3. The van der Waals surface area contributed by atoms with E-state index in [1.54, 1.807) is 0 Å². The highest BCUT2D eigenvalue weighted by Gasteiger charge is 2.33. The minimum absolute atomic E-state index is 0.0729. The van der Waals surface area contributed by atoms with Crippen molar-refractivity contribution in [1.29, 1.82) is 0 Å². The van der Waals surface area contributed by atoms with Crippen molar-refractivity contribution in [2.75, 3.05) is 0 Å². The van der Waals surface area contributed by atoms with Gasteiger partial charge in [-0.15, -0.1) is 12.6 Å². The molecule has 1 atom stereocenters. The number of benzene rings is 1. The van der Waals surface area contributed by atoms with E-state index >= 15 is 0 Å². The van der Waals surface area contributed by atoms with E-state index in [2.05, 4.69) is 19.6 Å². The molecule has 0 saturated heterocycles. The molecule has 1 aliphatic carbocycles. The summed E-state index contributed by atoms with van der Waals surface area (Å²) in [6.45, 7) is 2.08. The van der Waals surface area contributed by atoms with Gasteiger partial charge in [0, 0.05) is 16.4 Å². The number of hydrogen-bond donors (Lipinski definition) is 1. The highest BCUT2D eigenvalue weighted by Crippen LogP contribution is 2.40. The van der Waals surface area contributed by atoms with Gasteiger partial charge in [0.15, 0.2) is 5.78 Å². The number of rotatable bonds is 2. The topological polar surface area (TPSA) is 17.1 Å². The third-order valence-electron chi connectivity index (χ3n) is 2.99. The van der Waals surface area contributed by atoms with Crippen LogP contribution < -0.4 is 0 Å². The molecule has 1 nitrogen and oxygen atoms in total. The third kappa shape index (κ3) is 1.87. The van der Waals surface area contributed by atoms with Crippen LogP contribution in [0.2, 0.25) is 10.0 Å². The minimum atomic E-state index is 0.0729. The monoisotopic (exact) mass is 274 g/mol. The second kappa shape index (κ2) is 4.59. The average Bonchev–Trinajstić information content (AvgIpc) is 2.53. The minimum Gasteiger partial charge on any atom is -0.294 e. The average molecular weight is 275 g/mol. The largest absolute Gasteiger partial charge is 0.294 e. The van der Waals surface area contributed by atoms with E-state index in [1.807, 2.05) is 6.07 Å². The van der Waals surface area contributed by atoms with Gasteiger partial charge in [0.1, 0.15) is 0 Å². The third-order valence-corrected chi connectivity index (χ3v) is 4.34. The summed E-state index contributed by atoms with van der Waals surface area (Å²) in [6, 6.07) is 1.86. The Morgan fingerprint density at radius 1 is 1.44 bits per heavy atom. The van der Waals surface area contributed by atoms with E-state index in [1.165, 1.54) is 0 Å². The lowest BCUT2D eigenvalue weighted by molar-refractivity contribution is 0.0930. The Morgan fingerprint density at radius 3 is 2.75 bits per heavy atom. The van der Waals surface area contributed by atoms with Crippen LogP contribution in [-0.4, -0.2) is 5.78 Å². The van der Waals surface area contributed by atoms with Gasteiger partial charge in [0.2, 0.25) is 0 Å². The van der Waals surface area contributed by atoms with Crippen LogP contribution in [0.15, 0.2) is 11.0 Å². The van der Waals surface area contributed by atoms with Gasteiger partial charge >= 0.3 is 0 Å². The van der Waals surface area contributed by atoms with Gasteiger partial charge in [-0.3, -0.25) is 4.79 Å². The maximum absolute atomic E-state index is 12.1. The van der Waals surface area contributed by atoms with E-state index < -0.39 is 0 Å². The number of fused-ring (bicyclic) bond motifs is 1. The van der Waals surface area contributed by atoms with E-state index in [4.69, 9.17) is 23.2 Å². The molecule has 0 spiro atoms. The second-order valence-corrected chi connectivity index (χ2v) is 5.35. The lowest BCUT2D eigenvalue weighted by Gasteiger charge is -2.05. The van der Waals surface area contributed by atoms with E-state index in [0.717, 1.165) is 24.8 Å². The highest BCUT2D eigenvalue weighted by molar-refractivity contribution is 7.80. The van der Waals surface area contributed by atoms with Gasteiger partial charge in [-0.05, 0) is 24.5 Å². The quantitative estimate of drug-likeness (QED) is 0.790. The lowest BCUT2D eigenvalue weighted by Crippen LogP contribution is -2.08. The molecule has 0 amide bonds. The van der Waals surface area contributed by atoms with Crippen molar-refractivity contribution >= 4 is 41.6 Å². The summed E-state index contributed by atoms with van der Waals surface area (Å²) in [7, 11) is 0. The first-order chi connectivity index (χ1) is 7.56. The van der Waals surface area contributed by atoms with Crippen LogP contribution in [-0.2, 0) is 6.42 Å². The van der Waals surface area contributed by atoms with Crippen molar-refractivity contribution < 1.29 is 4.79 Å². The fourth-order valence-electron chi connectivity index (χ4n) is 2.24. The second-order valence-electron chi connectivity index (χ2n) is 4.11. The zero-order chi connectivity index (χ0) is 11.9. The first kappa shape index (κ1) is 12.3. The smallest absolute Gasteiger partial charge is 0.168 e. The van der Waals surface area contributed by atoms with Crippen molar-refractivity contribution in [3.8, 4) is 0 Å². The van der Waals surface area contributed by atoms with Crippen LogP contribution in [0.5, 0.6) is 0 Å². The molecule has 2 rings (SSSR count). The number of carbonyl (C=O) groups excluding carboxylic acids is 1. The molecule has 0 bridgehead atoms. The fraction of sp³-hybridized carbons (Fsp3) is 0.417. The van der Waals surface area contributed by atoms with Crippen molar-refractivity contribution in [3.05, 3.63) is 27.2 Å². The molecule has 0 aliphatic heterocycles. The summed E-state index contributed by atoms with van der Waals surface area (Å²) < 4.78 is 0. The molecule has 0 fully saturated rings. The Morgan fingerprint density at radius 2 is 2.12 bits per heavy atom. The number of hydrogen-bond acceptors (Lipinski definition) is 2. The zero-order valence-corrected chi connectivity index (χ0v) is 11.3. The van der Waals surface area contributed by atoms with Crippen LogP contribution >= 0.6 is 35.8 Å². The summed E-state index contributed by atoms with van der Waals surface area (Å²) >= 11 is 16.3. The molecular formula is C12H12Cl2OS. The van der Waals surface area contributed by atoms with Crippen LogP contribution in [0.4, 0.5) is 0 Å². The molecular weight excluding hydrogens is 263 g/mol. The van der Waals surface area contributed by atoms with Crippen LogP contribution in [0.1, 0.15) is 35.7 Å². The lowest BCUT2D eigenvalue weighted by atomic mass is 10.00. The Hall–Kier alpha value is -0.180. The predicted octanol–water partition coefficient (Wildman–Crippen LogP) is 4.44. The Labute approximate surface area is 111 Å². The first-order valence-corrected chi connectivity index (χ1v) is 6.50. The first-order valence-electron chi connectivity index (χ1n) is 5.30. The molecule has 0 radical (unpaired) electrons. The van der Waals surface area contributed by atoms with Crippen LogP contribution in [0.3, 0.4) is 0 Å². The molecule has 0 aromatic heterocycles. The molecule has 16 heavy (non-hydrogen) atoms. The van der Waals surface area contributed by atoms with Gasteiger partial charge in [-0.1, -0.05) is 36.5 Å². The number of ketones is 1. The molecule has 1 unspecified atom stereocenters. The van der Waals surface area contributed by atoms with Gasteiger partial charge < -0.3 is 0 Å². The molecule has 1 aromatic carbocycles. The maximum atomic E-state index is 12.1. The number of carbonyl (C=O) groups is 1. The predicted molar refractivity (Wildman–Crippen MR) is 70.1 cm³/mol. The van der Waals surface area contributed by atoms with Crippen molar-refractivity contribution in [3.63, 3.8) is 0 Å². The number of thiol groups is 1. The highest BCUT2D eigenvalue weighted by atomic mass is 35.5. The Kier molecular flexibility index (Phi) is 3.53. The fourth-order valence-corrected chi connectivity index (χ4v) is 3.03. The zero-order valence-electron chi connectivity index (χ0n) is 8.89. The van der Waals surface area contributed by atoms with Crippen molar-refractivity contribution in [2.45, 2.75) is 31.1 Å². The Bertz CT molecular complexity index is 457. The summed E-state index contributed by atoms with van der Waals surface area (Å²) in [4.78, 5) is 12.8. The van der Waals surface area contributed by atoms with Crippen LogP contribution in [0.25, 0.3) is 0 Å². The SMILES string of the molecule is CCCC1Cc2cc(S)c(Cl)c(Cl)c2C1=O. The molecule has 0 saturated carbocycles.